The molecule has 35 nitrogen and oxygen atoms in total. The van der Waals surface area contributed by atoms with E-state index in [9.17, 15) is 40.2 Å². The Labute approximate surface area is 531 Å². The van der Waals surface area contributed by atoms with Gasteiger partial charge in [-0.15, -0.1) is 12.4 Å². The normalized spacial score (nSPS) is 10.4. The predicted molar refractivity (Wildman–Crippen MR) is 345 cm³/mol. The van der Waals surface area contributed by atoms with Gasteiger partial charge >= 0.3 is 20.8 Å². The maximum absolute atomic E-state index is 11.9. The number of phenols is 6. The summed E-state index contributed by atoms with van der Waals surface area (Å²) in [7, 11) is -8.33. The Morgan fingerprint density at radius 2 is 0.559 bits per heavy atom. The van der Waals surface area contributed by atoms with Gasteiger partial charge in [-0.3, -0.25) is 27.8 Å². The molecule has 0 saturated heterocycles. The Bertz CT molecular complexity index is 4430. The van der Waals surface area contributed by atoms with Crippen molar-refractivity contribution in [1.29, 1.82) is 0 Å². The average molecular weight is 1340 g/mol. The number of carbonyl (C=O) groups is 2. The fourth-order valence-electron chi connectivity index (χ4n) is 7.47. The molecule has 27 N–H and O–H groups in total. The number of aromatic hydroxyl groups is 6. The lowest BCUT2D eigenvalue weighted by atomic mass is 10.0. The number of halogens is 1. The molecule has 0 amide bonds. The summed E-state index contributed by atoms with van der Waals surface area (Å²) in [5.41, 5.74) is 50.2. The zero-order valence-electron chi connectivity index (χ0n) is 47.5. The second-order valence-electron chi connectivity index (χ2n) is 17.7. The molecule has 0 saturated carbocycles. The molecule has 0 aliphatic rings. The number of hydrogen-bond acceptors (Lipinski definition) is 31. The molecule has 5 aromatic heterocycles. The van der Waals surface area contributed by atoms with Crippen LogP contribution >= 0.6 is 12.4 Å². The van der Waals surface area contributed by atoms with Crippen molar-refractivity contribution in [3.05, 3.63) is 157 Å². The highest BCUT2D eigenvalue weighted by Gasteiger charge is 2.21. The number of nitrogen functional groups attached to an aromatic ring is 8. The number of fused-ring (bicyclic) bond motifs is 2. The second kappa shape index (κ2) is 32.3. The molecule has 0 spiro atoms. The highest BCUT2D eigenvalue weighted by Crippen LogP contribution is 2.36. The molecule has 6 aromatic carbocycles. The molecule has 0 radical (unpaired) electrons. The first kappa shape index (κ1) is 73.2. The maximum atomic E-state index is 11.9. The molecule has 0 aliphatic carbocycles. The summed E-state index contributed by atoms with van der Waals surface area (Å²) in [4.78, 5) is 65.2. The van der Waals surface area contributed by atoms with E-state index in [4.69, 9.17) is 86.0 Å². The number of anilines is 8. The topological polar surface area (TPSA) is 662 Å². The van der Waals surface area contributed by atoms with Gasteiger partial charge < -0.3 is 81.6 Å². The summed E-state index contributed by atoms with van der Waals surface area (Å²) in [6.45, 7) is 0. The van der Waals surface area contributed by atoms with Crippen LogP contribution in [0.25, 0.3) is 67.4 Å². The molecular formula is C55H55ClN18O17S2. The number of aliphatic hydroxyl groups excluding tert-OH is 1. The number of rotatable bonds is 7. The molecule has 0 unspecified atom stereocenters. The number of hydrogen-bond donors (Lipinski definition) is 19. The summed E-state index contributed by atoms with van der Waals surface area (Å²) in [5.74, 6) is -0.761. The summed E-state index contributed by atoms with van der Waals surface area (Å²) >= 11 is 0. The van der Waals surface area contributed by atoms with Gasteiger partial charge in [0.1, 0.15) is 40.2 Å². The first-order chi connectivity index (χ1) is 43.2. The highest BCUT2D eigenvalue weighted by molar-refractivity contribution is 7.80. The van der Waals surface area contributed by atoms with Gasteiger partial charge in [0, 0.05) is 40.5 Å². The molecule has 11 rings (SSSR count). The Hall–Kier alpha value is -12.2. The number of aromatic nitrogens is 10. The Balaban J connectivity index is 0.000000258. The Kier molecular flexibility index (Phi) is 25.4. The maximum Gasteiger partial charge on any atom is 0.394 e. The number of aliphatic hydroxyl groups is 1. The van der Waals surface area contributed by atoms with E-state index >= 15 is 0 Å². The van der Waals surface area contributed by atoms with Crippen molar-refractivity contribution >= 4 is 114 Å². The summed E-state index contributed by atoms with van der Waals surface area (Å²) in [6.07, 6.45) is 0. The summed E-state index contributed by atoms with van der Waals surface area (Å²) in [5, 5.41) is 64.8. The van der Waals surface area contributed by atoms with E-state index in [1.165, 1.54) is 48.5 Å². The van der Waals surface area contributed by atoms with E-state index in [0.717, 1.165) is 7.11 Å². The van der Waals surface area contributed by atoms with E-state index in [1.54, 1.807) is 97.1 Å². The quantitative estimate of drug-likeness (QED) is 0.0599. The molecule has 0 fully saturated rings. The zero-order chi connectivity index (χ0) is 68.4. The SMILES string of the molecule is CO.Cl.Nc1nc(N)c(N)c(N)n1.Nc1nc(N)c2nc(-c3cccc(O)c3)c(-c3cccc(O)c3)nc2n1.Nc1nc(N)c2nc(-c3cccc(O)c3)c(-c3cccc(O)c3)nc2n1.O=C(C(=O)c1cccc(O)c1)c1cccc(O)c1.O=S(=O)(O)O.O=S(=O)(O)O. The molecule has 38 heteroatoms. The van der Waals surface area contributed by atoms with Crippen LogP contribution in [0, 0.1) is 0 Å². The van der Waals surface area contributed by atoms with Gasteiger partial charge in [0.05, 0.1) is 22.8 Å². The van der Waals surface area contributed by atoms with E-state index < -0.39 is 32.4 Å². The third kappa shape index (κ3) is 22.1. The van der Waals surface area contributed by atoms with Crippen molar-refractivity contribution in [2.45, 2.75) is 0 Å². The molecule has 5 heterocycles. The lowest BCUT2D eigenvalue weighted by Gasteiger charge is -2.11. The average Bonchev–Trinajstić information content (AvgIpc) is 0.782. The van der Waals surface area contributed by atoms with Crippen LogP contribution in [0.15, 0.2) is 146 Å². The molecule has 11 aromatic rings. The molecular weight excluding hydrogens is 1280 g/mol. The third-order valence-corrected chi connectivity index (χ3v) is 11.1. The van der Waals surface area contributed by atoms with Crippen LogP contribution in [0.2, 0.25) is 0 Å². The van der Waals surface area contributed by atoms with Gasteiger partial charge in [0.25, 0.3) is 0 Å². The smallest absolute Gasteiger partial charge is 0.394 e. The highest BCUT2D eigenvalue weighted by atomic mass is 35.5. The molecule has 486 valence electrons. The lowest BCUT2D eigenvalue weighted by molar-refractivity contribution is 0.0816. The number of ketones is 2. The standard InChI is InChI=1S/2C18H14N6O2.C14H10O4.C4H8N6.CH4O.ClH.2H2O4S/c2*19-16-15-17(24-18(20)23-16)22-14(10-4-2-6-12(26)8-10)13(21-15)9-3-1-5-11(25)7-9;15-11-5-1-3-9(7-11)13(17)14(18)10-4-2-6-12(16)8-10;5-1-2(6)9-4(8)10-3(1)7;1-2;;2*1-5(2,3)4/h2*1-8,25-26H,(H4,19,20,22,23,24);1-8,15-16H;5H2,(H6,6,7,8,9,10);2H,1H3;1H;2*(H2,1,2,3,4). The molecule has 93 heavy (non-hydrogen) atoms. The lowest BCUT2D eigenvalue weighted by Crippen LogP contribution is -2.14. The molecule has 0 bridgehead atoms. The Morgan fingerprint density at radius 3 is 0.817 bits per heavy atom. The van der Waals surface area contributed by atoms with Crippen molar-refractivity contribution < 1.29 is 80.4 Å². The number of phenolic OH excluding ortho intramolecular Hbond substituents is 6. The second-order valence-corrected chi connectivity index (χ2v) is 19.5. The van der Waals surface area contributed by atoms with Crippen molar-refractivity contribution in [1.82, 2.24) is 49.8 Å². The van der Waals surface area contributed by atoms with Gasteiger partial charge in [0.2, 0.25) is 29.4 Å². The molecule has 0 aliphatic heterocycles. The van der Waals surface area contributed by atoms with Crippen LogP contribution in [0.1, 0.15) is 20.7 Å². The Morgan fingerprint density at radius 1 is 0.333 bits per heavy atom. The minimum atomic E-state index is -4.67. The van der Waals surface area contributed by atoms with Crippen LogP contribution in [0.3, 0.4) is 0 Å². The number of carbonyl (C=O) groups excluding carboxylic acids is 2. The first-order valence-corrected chi connectivity index (χ1v) is 27.8. The first-order valence-electron chi connectivity index (χ1n) is 25.1. The van der Waals surface area contributed by atoms with Crippen molar-refractivity contribution in [3.8, 4) is 79.5 Å². The van der Waals surface area contributed by atoms with Crippen LogP contribution in [0.4, 0.5) is 46.8 Å². The van der Waals surface area contributed by atoms with Gasteiger partial charge in [0.15, 0.2) is 45.6 Å². The fourth-order valence-corrected chi connectivity index (χ4v) is 7.47. The van der Waals surface area contributed by atoms with Gasteiger partial charge in [-0.25, -0.2) is 19.9 Å². The minimum absolute atomic E-state index is 0. The van der Waals surface area contributed by atoms with E-state index in [2.05, 4.69) is 49.8 Å². The van der Waals surface area contributed by atoms with Crippen molar-refractivity contribution in [3.63, 3.8) is 0 Å². The minimum Gasteiger partial charge on any atom is -0.508 e. The van der Waals surface area contributed by atoms with Crippen molar-refractivity contribution in [2.75, 3.05) is 53.0 Å². The van der Waals surface area contributed by atoms with Gasteiger partial charge in [-0.1, -0.05) is 72.8 Å². The number of nitrogens with two attached hydrogens (primary N) is 8. The van der Waals surface area contributed by atoms with E-state index in [-0.39, 0.29) is 116 Å². The van der Waals surface area contributed by atoms with Crippen molar-refractivity contribution in [2.24, 2.45) is 0 Å². The monoisotopic (exact) mass is 1340 g/mol. The van der Waals surface area contributed by atoms with E-state index in [0.29, 0.717) is 56.1 Å². The summed E-state index contributed by atoms with van der Waals surface area (Å²) in [6, 6.07) is 37.6. The van der Waals surface area contributed by atoms with Gasteiger partial charge in [-0.2, -0.15) is 46.7 Å². The number of nitrogens with zero attached hydrogens (tertiary/aromatic N) is 10. The van der Waals surface area contributed by atoms with Crippen LogP contribution in [-0.4, -0.2) is 139 Å². The van der Waals surface area contributed by atoms with Crippen LogP contribution < -0.4 is 45.9 Å². The third-order valence-electron chi connectivity index (χ3n) is 11.1. The number of Topliss-reactive ketones (excluding diaryl/α,β-unsaturated/α-hetero) is 2. The summed E-state index contributed by atoms with van der Waals surface area (Å²) < 4.78 is 63.2. The zero-order valence-corrected chi connectivity index (χ0v) is 50.0. The predicted octanol–water partition coefficient (Wildman–Crippen LogP) is 4.35. The number of benzene rings is 6. The van der Waals surface area contributed by atoms with Gasteiger partial charge in [-0.05, 0) is 72.8 Å². The fraction of sp³-hybridized carbons (Fsp3) is 0.0182. The van der Waals surface area contributed by atoms with Crippen LogP contribution in [-0.2, 0) is 20.8 Å². The van der Waals surface area contributed by atoms with Crippen LogP contribution in [0.5, 0.6) is 34.5 Å². The molecule has 0 atom stereocenters. The van der Waals surface area contributed by atoms with E-state index in [1.807, 2.05) is 0 Å². The largest absolute Gasteiger partial charge is 0.508 e.